The number of ether oxygens (including phenoxy) is 3. The Morgan fingerprint density at radius 2 is 2.24 bits per heavy atom. The highest BCUT2D eigenvalue weighted by atomic mass is 127. The van der Waals surface area contributed by atoms with Crippen LogP contribution in [0.1, 0.15) is 31.7 Å². The number of aliphatic hydroxyl groups is 1. The first-order chi connectivity index (χ1) is 13.7. The molecule has 1 aromatic carbocycles. The first-order valence-electron chi connectivity index (χ1n) is 10.3. The lowest BCUT2D eigenvalue weighted by Gasteiger charge is -2.14. The Morgan fingerprint density at radius 3 is 2.97 bits per heavy atom. The van der Waals surface area contributed by atoms with Crippen LogP contribution in [0.25, 0.3) is 0 Å². The molecule has 1 saturated heterocycles. The maximum atomic E-state index is 10.1. The van der Waals surface area contributed by atoms with E-state index in [0.717, 1.165) is 50.3 Å². The van der Waals surface area contributed by atoms with E-state index >= 15 is 0 Å². The van der Waals surface area contributed by atoms with Crippen molar-refractivity contribution in [3.63, 3.8) is 0 Å². The van der Waals surface area contributed by atoms with Crippen LogP contribution in [0, 0.1) is 6.92 Å². The van der Waals surface area contributed by atoms with E-state index in [2.05, 4.69) is 15.6 Å². The maximum Gasteiger partial charge on any atom is 0.191 e. The van der Waals surface area contributed by atoms with Gasteiger partial charge in [-0.3, -0.25) is 4.99 Å². The molecule has 3 N–H and O–H groups in total. The molecule has 0 spiro atoms. The molecule has 0 aliphatic carbocycles. The molecule has 0 radical (unpaired) electrons. The van der Waals surface area contributed by atoms with Gasteiger partial charge in [0.1, 0.15) is 18.5 Å². The van der Waals surface area contributed by atoms with Gasteiger partial charge < -0.3 is 30.0 Å². The lowest BCUT2D eigenvalue weighted by Crippen LogP contribution is -2.39. The van der Waals surface area contributed by atoms with Crippen LogP contribution in [0.5, 0.6) is 5.75 Å². The molecular weight excluding hydrogens is 485 g/mol. The Hall–Kier alpha value is -1.10. The predicted molar refractivity (Wildman–Crippen MR) is 126 cm³/mol. The molecule has 1 fully saturated rings. The minimum atomic E-state index is -0.661. The Labute approximate surface area is 191 Å². The van der Waals surface area contributed by atoms with Gasteiger partial charge in [0.05, 0.1) is 19.3 Å². The molecule has 8 heteroatoms. The molecule has 1 aliphatic rings. The second-order valence-corrected chi connectivity index (χ2v) is 6.99. The normalized spacial score (nSPS) is 17.5. The van der Waals surface area contributed by atoms with Crippen molar-refractivity contribution >= 4 is 29.9 Å². The molecule has 1 aliphatic heterocycles. The fourth-order valence-electron chi connectivity index (χ4n) is 2.86. The Balaban J connectivity index is 0.00000420. The number of hydrogen-bond acceptors (Lipinski definition) is 5. The number of guanidine groups is 1. The zero-order chi connectivity index (χ0) is 20.0. The van der Waals surface area contributed by atoms with Crippen LogP contribution in [-0.2, 0) is 9.47 Å². The van der Waals surface area contributed by atoms with Crippen molar-refractivity contribution in [2.24, 2.45) is 4.99 Å². The van der Waals surface area contributed by atoms with Crippen LogP contribution in [0.3, 0.4) is 0 Å². The Bertz CT molecular complexity index is 583. The summed E-state index contributed by atoms with van der Waals surface area (Å²) < 4.78 is 16.8. The quantitative estimate of drug-likeness (QED) is 0.170. The van der Waals surface area contributed by atoms with Gasteiger partial charge in [-0.15, -0.1) is 24.0 Å². The van der Waals surface area contributed by atoms with Gasteiger partial charge in [-0.1, -0.05) is 12.1 Å². The van der Waals surface area contributed by atoms with Gasteiger partial charge in [-0.2, -0.15) is 0 Å². The zero-order valence-corrected chi connectivity index (χ0v) is 19.9. The summed E-state index contributed by atoms with van der Waals surface area (Å²) in [7, 11) is 0. The van der Waals surface area contributed by atoms with Crippen LogP contribution in [0.2, 0.25) is 0 Å². The van der Waals surface area contributed by atoms with Gasteiger partial charge in [0.15, 0.2) is 5.96 Å². The third-order valence-electron chi connectivity index (χ3n) is 4.32. The topological polar surface area (TPSA) is 84.3 Å². The lowest BCUT2D eigenvalue weighted by atomic mass is 10.2. The lowest BCUT2D eigenvalue weighted by molar-refractivity contribution is 0.0168. The number of halogens is 1. The maximum absolute atomic E-state index is 10.1. The molecule has 166 valence electrons. The van der Waals surface area contributed by atoms with E-state index in [1.807, 2.05) is 38.1 Å². The van der Waals surface area contributed by atoms with E-state index in [9.17, 15) is 5.11 Å². The molecule has 7 nitrogen and oxygen atoms in total. The number of rotatable bonds is 12. The smallest absolute Gasteiger partial charge is 0.191 e. The SMILES string of the molecule is CCNC(=NCC(O)COc1cccc(C)c1)NCCCOCC1CCCO1.I. The number of benzene rings is 1. The first-order valence-corrected chi connectivity index (χ1v) is 10.3. The summed E-state index contributed by atoms with van der Waals surface area (Å²) in [5.74, 6) is 1.45. The van der Waals surface area contributed by atoms with E-state index in [4.69, 9.17) is 14.2 Å². The summed E-state index contributed by atoms with van der Waals surface area (Å²) in [5, 5.41) is 16.6. The minimum Gasteiger partial charge on any atom is -0.491 e. The predicted octanol–water partition coefficient (Wildman–Crippen LogP) is 2.49. The van der Waals surface area contributed by atoms with Crippen molar-refractivity contribution < 1.29 is 19.3 Å². The van der Waals surface area contributed by atoms with Crippen LogP contribution in [0.15, 0.2) is 29.3 Å². The standard InChI is InChI=1S/C21H35N3O4.HI/c1-3-22-21(23-10-6-11-26-16-20-9-5-12-27-20)24-14-18(25)15-28-19-8-4-7-17(2)13-19;/h4,7-8,13,18,20,25H,3,5-6,9-12,14-16H2,1-2H3,(H2,22,23,24);1H. The molecule has 0 aromatic heterocycles. The number of aliphatic hydroxyl groups excluding tert-OH is 1. The highest BCUT2D eigenvalue weighted by Crippen LogP contribution is 2.13. The molecular formula is C21H36IN3O4. The molecule has 2 rings (SSSR count). The molecule has 0 amide bonds. The van der Waals surface area contributed by atoms with Crippen LogP contribution >= 0.6 is 24.0 Å². The van der Waals surface area contributed by atoms with Gasteiger partial charge in [0, 0.05) is 26.3 Å². The van der Waals surface area contributed by atoms with E-state index in [-0.39, 0.29) is 43.2 Å². The molecule has 0 bridgehead atoms. The fraction of sp³-hybridized carbons (Fsp3) is 0.667. The van der Waals surface area contributed by atoms with E-state index in [1.165, 1.54) is 0 Å². The number of nitrogens with one attached hydrogen (secondary N) is 2. The van der Waals surface area contributed by atoms with Gasteiger partial charge in [-0.05, 0) is 50.8 Å². The Morgan fingerprint density at radius 1 is 1.38 bits per heavy atom. The second kappa shape index (κ2) is 15.7. The molecule has 29 heavy (non-hydrogen) atoms. The molecule has 0 saturated carbocycles. The summed E-state index contributed by atoms with van der Waals surface area (Å²) in [6.07, 6.45) is 2.74. The van der Waals surface area contributed by atoms with Gasteiger partial charge in [0.2, 0.25) is 0 Å². The van der Waals surface area contributed by atoms with Crippen molar-refractivity contribution in [3.8, 4) is 5.75 Å². The largest absolute Gasteiger partial charge is 0.491 e. The molecule has 1 aromatic rings. The van der Waals surface area contributed by atoms with Crippen LogP contribution in [0.4, 0.5) is 0 Å². The summed E-state index contributed by atoms with van der Waals surface area (Å²) >= 11 is 0. The van der Waals surface area contributed by atoms with Crippen molar-refractivity contribution in [2.45, 2.75) is 45.3 Å². The summed E-state index contributed by atoms with van der Waals surface area (Å²) in [6, 6.07) is 7.78. The summed E-state index contributed by atoms with van der Waals surface area (Å²) in [6.45, 7) is 8.26. The zero-order valence-electron chi connectivity index (χ0n) is 17.6. The van der Waals surface area contributed by atoms with Crippen LogP contribution < -0.4 is 15.4 Å². The second-order valence-electron chi connectivity index (χ2n) is 6.99. The first kappa shape index (κ1) is 25.9. The van der Waals surface area contributed by atoms with Crippen molar-refractivity contribution in [3.05, 3.63) is 29.8 Å². The van der Waals surface area contributed by atoms with Crippen molar-refractivity contribution in [1.29, 1.82) is 0 Å². The number of hydrogen-bond donors (Lipinski definition) is 3. The highest BCUT2D eigenvalue weighted by Gasteiger charge is 2.14. The molecule has 2 unspecified atom stereocenters. The molecule has 1 heterocycles. The number of aliphatic imine (C=N–C) groups is 1. The third-order valence-corrected chi connectivity index (χ3v) is 4.32. The summed E-state index contributed by atoms with van der Waals surface area (Å²) in [5.41, 5.74) is 1.13. The highest BCUT2D eigenvalue weighted by molar-refractivity contribution is 14.0. The minimum absolute atomic E-state index is 0. The number of aryl methyl sites for hydroxylation is 1. The van der Waals surface area contributed by atoms with E-state index in [0.29, 0.717) is 19.2 Å². The molecule has 2 atom stereocenters. The summed E-state index contributed by atoms with van der Waals surface area (Å²) in [4.78, 5) is 4.43. The Kier molecular flexibility index (Phi) is 14.0. The monoisotopic (exact) mass is 521 g/mol. The van der Waals surface area contributed by atoms with Crippen molar-refractivity contribution in [1.82, 2.24) is 10.6 Å². The average Bonchev–Trinajstić information content (AvgIpc) is 3.20. The van der Waals surface area contributed by atoms with Gasteiger partial charge in [-0.25, -0.2) is 0 Å². The van der Waals surface area contributed by atoms with E-state index in [1.54, 1.807) is 0 Å². The van der Waals surface area contributed by atoms with Crippen molar-refractivity contribution in [2.75, 3.05) is 46.1 Å². The van der Waals surface area contributed by atoms with E-state index < -0.39 is 6.10 Å². The van der Waals surface area contributed by atoms with Crippen LogP contribution in [-0.4, -0.2) is 69.3 Å². The van der Waals surface area contributed by atoms with Gasteiger partial charge in [0.25, 0.3) is 0 Å². The average molecular weight is 521 g/mol. The number of nitrogens with zero attached hydrogens (tertiary/aromatic N) is 1. The third kappa shape index (κ3) is 11.6. The fourth-order valence-corrected chi connectivity index (χ4v) is 2.86. The van der Waals surface area contributed by atoms with Gasteiger partial charge >= 0.3 is 0 Å².